The molecule has 0 aliphatic carbocycles. The topological polar surface area (TPSA) is 48.5 Å². The molecule has 5 rings (SSSR count). The second-order valence-electron chi connectivity index (χ2n) is 8.74. The van der Waals surface area contributed by atoms with E-state index in [0.29, 0.717) is 37.3 Å². The number of pyridine rings is 1. The number of alkyl halides is 3. The molecule has 1 N–H and O–H groups in total. The zero-order chi connectivity index (χ0) is 23.2. The molecule has 33 heavy (non-hydrogen) atoms. The van der Waals surface area contributed by atoms with Gasteiger partial charge in [0, 0.05) is 66.7 Å². The van der Waals surface area contributed by atoms with E-state index in [0.717, 1.165) is 25.2 Å². The molecule has 1 aromatic carbocycles. The van der Waals surface area contributed by atoms with Gasteiger partial charge in [-0.2, -0.15) is 13.2 Å². The van der Waals surface area contributed by atoms with E-state index in [4.69, 9.17) is 0 Å². The van der Waals surface area contributed by atoms with Crippen molar-refractivity contribution in [3.8, 4) is 0 Å². The Morgan fingerprint density at radius 2 is 2.06 bits per heavy atom. The molecule has 0 spiro atoms. The van der Waals surface area contributed by atoms with Gasteiger partial charge in [0.2, 0.25) is 0 Å². The summed E-state index contributed by atoms with van der Waals surface area (Å²) in [6.45, 7) is 4.80. The third-order valence-corrected chi connectivity index (χ3v) is 7.86. The fraction of sp³-hybridized carbons (Fsp3) is 0.417. The maximum Gasteiger partial charge on any atom is 0.417 e. The maximum atomic E-state index is 13.1. The first-order valence-corrected chi connectivity index (χ1v) is 11.9. The van der Waals surface area contributed by atoms with Gasteiger partial charge in [0.15, 0.2) is 0 Å². The van der Waals surface area contributed by atoms with Crippen molar-refractivity contribution in [2.24, 2.45) is 0 Å². The van der Waals surface area contributed by atoms with Gasteiger partial charge in [-0.1, -0.05) is 18.2 Å². The normalized spacial score (nSPS) is 18.7. The lowest BCUT2D eigenvalue weighted by Crippen LogP contribution is -2.45. The van der Waals surface area contributed by atoms with Crippen LogP contribution in [0.2, 0.25) is 0 Å². The van der Waals surface area contributed by atoms with Crippen LogP contribution in [0.5, 0.6) is 0 Å². The molecule has 1 atom stereocenters. The molecule has 1 unspecified atom stereocenters. The Bertz CT molecular complexity index is 1190. The summed E-state index contributed by atoms with van der Waals surface area (Å²) in [7, 11) is 0. The van der Waals surface area contributed by atoms with E-state index in [9.17, 15) is 18.0 Å². The minimum absolute atomic E-state index is 0.111. The first kappa shape index (κ1) is 22.2. The van der Waals surface area contributed by atoms with Crippen LogP contribution in [-0.4, -0.2) is 46.5 Å². The molecule has 2 aliphatic rings. The number of benzene rings is 1. The van der Waals surface area contributed by atoms with E-state index >= 15 is 0 Å². The minimum Gasteiger partial charge on any atom is -0.323 e. The van der Waals surface area contributed by atoms with Gasteiger partial charge in [-0.15, -0.1) is 11.3 Å². The number of aryl methyl sites for hydroxylation is 1. The van der Waals surface area contributed by atoms with Crippen LogP contribution in [-0.2, 0) is 25.7 Å². The van der Waals surface area contributed by atoms with Crippen LogP contribution in [0.4, 0.5) is 18.0 Å². The summed E-state index contributed by atoms with van der Waals surface area (Å²) >= 11 is 1.80. The van der Waals surface area contributed by atoms with Crippen molar-refractivity contribution < 1.29 is 18.0 Å². The van der Waals surface area contributed by atoms with Gasteiger partial charge in [-0.25, -0.2) is 4.79 Å². The molecule has 174 valence electrons. The first-order valence-electron chi connectivity index (χ1n) is 11.1. The highest BCUT2D eigenvalue weighted by Crippen LogP contribution is 2.32. The first-order chi connectivity index (χ1) is 15.8. The van der Waals surface area contributed by atoms with Crippen LogP contribution < -0.4 is 5.32 Å². The summed E-state index contributed by atoms with van der Waals surface area (Å²) in [5, 5.41) is 4.88. The summed E-state index contributed by atoms with van der Waals surface area (Å²) in [6.07, 6.45) is -2.22. The van der Waals surface area contributed by atoms with E-state index in [1.54, 1.807) is 16.2 Å². The van der Waals surface area contributed by atoms with E-state index in [-0.39, 0.29) is 18.6 Å². The van der Waals surface area contributed by atoms with Crippen LogP contribution in [0.3, 0.4) is 0 Å². The Labute approximate surface area is 194 Å². The quantitative estimate of drug-likeness (QED) is 0.584. The predicted molar refractivity (Wildman–Crippen MR) is 122 cm³/mol. The average molecular weight is 475 g/mol. The second-order valence-corrected chi connectivity index (χ2v) is 9.88. The highest BCUT2D eigenvalue weighted by atomic mass is 32.1. The number of fused-ring (bicyclic) bond motifs is 2. The number of aromatic nitrogens is 1. The van der Waals surface area contributed by atoms with Crippen molar-refractivity contribution in [3.63, 3.8) is 0 Å². The molecule has 0 saturated carbocycles. The number of halogens is 3. The number of likely N-dealkylation sites (tertiary alicyclic amines) is 1. The number of nitrogens with one attached hydrogen (secondary N) is 1. The average Bonchev–Trinajstić information content (AvgIpc) is 3.40. The van der Waals surface area contributed by atoms with Crippen LogP contribution in [0, 0.1) is 6.92 Å². The molecule has 1 fully saturated rings. The van der Waals surface area contributed by atoms with E-state index in [2.05, 4.69) is 41.5 Å². The number of rotatable bonds is 3. The van der Waals surface area contributed by atoms with Gasteiger partial charge < -0.3 is 15.1 Å². The molecule has 1 saturated heterocycles. The zero-order valence-electron chi connectivity index (χ0n) is 18.3. The highest BCUT2D eigenvalue weighted by molar-refractivity contribution is 7.19. The van der Waals surface area contributed by atoms with E-state index < -0.39 is 11.7 Å². The van der Waals surface area contributed by atoms with Gasteiger partial charge in [0.1, 0.15) is 0 Å². The van der Waals surface area contributed by atoms with Crippen LogP contribution in [0.25, 0.3) is 10.1 Å². The van der Waals surface area contributed by atoms with Crippen molar-refractivity contribution in [1.82, 2.24) is 20.1 Å². The van der Waals surface area contributed by atoms with Gasteiger partial charge in [-0.05, 0) is 42.0 Å². The monoisotopic (exact) mass is 474 g/mol. The van der Waals surface area contributed by atoms with E-state index in [1.165, 1.54) is 20.5 Å². The number of nitrogens with zero attached hydrogens (tertiary/aromatic N) is 3. The molecular weight excluding hydrogens is 449 g/mol. The lowest BCUT2D eigenvalue weighted by Gasteiger charge is -2.32. The number of urea groups is 1. The smallest absolute Gasteiger partial charge is 0.323 e. The molecule has 0 radical (unpaired) electrons. The standard InChI is InChI=1S/C24H25F3N4OS/c1-15-19-4-2-3-5-21(19)33-22(15)12-28-18-6-8-31(14-18)23(32)30-9-7-20-16(13-30)10-17(11-29-20)24(25,26)27/h2-5,10-11,18,28H,6-9,12-14H2,1H3. The van der Waals surface area contributed by atoms with Crippen LogP contribution in [0.15, 0.2) is 36.5 Å². The SMILES string of the molecule is Cc1c(CNC2CCN(C(=O)N3CCc4ncc(C(F)(F)F)cc4C3)C2)sc2ccccc12. The summed E-state index contributed by atoms with van der Waals surface area (Å²) in [4.78, 5) is 21.8. The molecular formula is C24H25F3N4OS. The van der Waals surface area contributed by atoms with Crippen molar-refractivity contribution in [2.75, 3.05) is 19.6 Å². The Hall–Kier alpha value is -2.65. The van der Waals surface area contributed by atoms with E-state index in [1.807, 2.05) is 4.90 Å². The third kappa shape index (κ3) is 4.44. The lowest BCUT2D eigenvalue weighted by molar-refractivity contribution is -0.137. The van der Waals surface area contributed by atoms with Crippen LogP contribution >= 0.6 is 11.3 Å². The second kappa shape index (κ2) is 8.61. The number of carbonyl (C=O) groups excluding carboxylic acids is 1. The fourth-order valence-electron chi connectivity index (χ4n) is 4.68. The molecule has 0 bridgehead atoms. The molecule has 2 aromatic heterocycles. The number of carbonyl (C=O) groups is 1. The summed E-state index contributed by atoms with van der Waals surface area (Å²) in [6, 6.07) is 9.60. The van der Waals surface area contributed by atoms with Crippen molar-refractivity contribution in [3.05, 3.63) is 63.8 Å². The predicted octanol–water partition coefficient (Wildman–Crippen LogP) is 4.97. The zero-order valence-corrected chi connectivity index (χ0v) is 19.1. The number of amides is 2. The summed E-state index contributed by atoms with van der Waals surface area (Å²) in [5.74, 6) is 0. The Morgan fingerprint density at radius 1 is 1.24 bits per heavy atom. The molecule has 2 amide bonds. The summed E-state index contributed by atoms with van der Waals surface area (Å²) < 4.78 is 40.4. The highest BCUT2D eigenvalue weighted by Gasteiger charge is 2.34. The van der Waals surface area contributed by atoms with Gasteiger partial charge >= 0.3 is 12.2 Å². The van der Waals surface area contributed by atoms with Crippen LogP contribution in [0.1, 0.15) is 33.7 Å². The van der Waals surface area contributed by atoms with Gasteiger partial charge in [-0.3, -0.25) is 4.98 Å². The molecule has 3 aromatic rings. The molecule has 4 heterocycles. The summed E-state index contributed by atoms with van der Waals surface area (Å²) in [5.41, 5.74) is 1.66. The molecule has 9 heteroatoms. The van der Waals surface area contributed by atoms with Gasteiger partial charge in [0.25, 0.3) is 0 Å². The van der Waals surface area contributed by atoms with Crippen molar-refractivity contribution in [2.45, 2.75) is 45.1 Å². The molecule has 5 nitrogen and oxygen atoms in total. The maximum absolute atomic E-state index is 13.1. The Morgan fingerprint density at radius 3 is 2.85 bits per heavy atom. The van der Waals surface area contributed by atoms with Crippen molar-refractivity contribution in [1.29, 1.82) is 0 Å². The fourth-order valence-corrected chi connectivity index (χ4v) is 5.84. The lowest BCUT2D eigenvalue weighted by atomic mass is 10.0. The van der Waals surface area contributed by atoms with Crippen molar-refractivity contribution >= 4 is 27.5 Å². The molecule has 2 aliphatic heterocycles. The number of thiophene rings is 1. The van der Waals surface area contributed by atoms with Gasteiger partial charge in [0.05, 0.1) is 5.56 Å². The number of hydrogen-bond acceptors (Lipinski definition) is 4. The minimum atomic E-state index is -4.44. The Balaban J connectivity index is 1.19. The largest absolute Gasteiger partial charge is 0.417 e. The Kier molecular flexibility index (Phi) is 5.78. The third-order valence-electron chi connectivity index (χ3n) is 6.59. The number of hydrogen-bond donors (Lipinski definition) is 1.